The predicted octanol–water partition coefficient (Wildman–Crippen LogP) is 1.42. The molecular weight excluding hydrogens is 239 g/mol. The Bertz CT molecular complexity index is 426. The summed E-state index contributed by atoms with van der Waals surface area (Å²) in [5, 5.41) is 3.86. The number of hydrogen-bond acceptors (Lipinski definition) is 4. The van der Waals surface area contributed by atoms with Gasteiger partial charge in [-0.3, -0.25) is 4.68 Å². The van der Waals surface area contributed by atoms with Crippen molar-refractivity contribution in [2.45, 2.75) is 19.5 Å². The summed E-state index contributed by atoms with van der Waals surface area (Å²) >= 11 is 0. The van der Waals surface area contributed by atoms with Crippen molar-refractivity contribution in [1.82, 2.24) is 9.78 Å². The molecule has 0 aliphatic rings. The first-order valence-corrected chi connectivity index (χ1v) is 4.75. The fourth-order valence-electron chi connectivity index (χ4n) is 1.24. The smallest absolute Gasteiger partial charge is 0.392 e. The maximum absolute atomic E-state index is 11.8. The first kappa shape index (κ1) is 13.3. The summed E-state index contributed by atoms with van der Waals surface area (Å²) in [7, 11) is 1.46. The van der Waals surface area contributed by atoms with Gasteiger partial charge in [-0.25, -0.2) is 4.79 Å². The Kier molecular flexibility index (Phi) is 3.64. The number of nitrogens with two attached hydrogens (primary N) is 1. The minimum atomic E-state index is -4.35. The summed E-state index contributed by atoms with van der Waals surface area (Å²) in [6.45, 7) is 0.855. The van der Waals surface area contributed by atoms with Crippen LogP contribution >= 0.6 is 0 Å². The summed E-state index contributed by atoms with van der Waals surface area (Å²) in [6, 6.07) is 0. The third kappa shape index (κ3) is 3.36. The van der Waals surface area contributed by atoms with Gasteiger partial charge in [0.25, 0.3) is 0 Å². The highest BCUT2D eigenvalue weighted by Gasteiger charge is 2.28. The van der Waals surface area contributed by atoms with Crippen molar-refractivity contribution in [3.8, 4) is 0 Å². The molecule has 0 amide bonds. The number of nitrogens with zero attached hydrogens (tertiary/aromatic N) is 2. The van der Waals surface area contributed by atoms with E-state index >= 15 is 0 Å². The van der Waals surface area contributed by atoms with Crippen molar-refractivity contribution in [1.29, 1.82) is 0 Å². The second kappa shape index (κ2) is 4.64. The molecule has 1 rings (SSSR count). The topological polar surface area (TPSA) is 70.1 Å². The van der Waals surface area contributed by atoms with E-state index in [0.717, 1.165) is 0 Å². The Hall–Kier alpha value is -1.73. The molecule has 2 N–H and O–H groups in total. The lowest BCUT2D eigenvalue weighted by Gasteiger charge is -2.07. The Labute approximate surface area is 95.3 Å². The minimum absolute atomic E-state index is 0.0373. The molecule has 1 aromatic heterocycles. The van der Waals surface area contributed by atoms with Crippen LogP contribution in [-0.4, -0.2) is 28.5 Å². The lowest BCUT2D eigenvalue weighted by atomic mass is 10.3. The van der Waals surface area contributed by atoms with E-state index in [9.17, 15) is 18.0 Å². The van der Waals surface area contributed by atoms with Crippen LogP contribution in [0.2, 0.25) is 0 Å². The van der Waals surface area contributed by atoms with Gasteiger partial charge in [0.1, 0.15) is 6.61 Å². The summed E-state index contributed by atoms with van der Waals surface area (Å²) in [5.74, 6) is -0.908. The van der Waals surface area contributed by atoms with Crippen LogP contribution in [0.15, 0.2) is 0 Å². The van der Waals surface area contributed by atoms with E-state index in [-0.39, 0.29) is 11.4 Å². The fourth-order valence-corrected chi connectivity index (χ4v) is 1.24. The number of esters is 1. The van der Waals surface area contributed by atoms with Crippen molar-refractivity contribution in [3.05, 3.63) is 11.4 Å². The van der Waals surface area contributed by atoms with Crippen molar-refractivity contribution in [3.63, 3.8) is 0 Å². The summed E-state index contributed by atoms with van der Waals surface area (Å²) in [5.41, 5.74) is 6.06. The van der Waals surface area contributed by atoms with Crippen molar-refractivity contribution in [2.24, 2.45) is 7.05 Å². The molecule has 0 bridgehead atoms. The Morgan fingerprint density at radius 3 is 2.53 bits per heavy atom. The third-order valence-corrected chi connectivity index (χ3v) is 2.08. The molecule has 0 saturated carbocycles. The molecule has 0 fully saturated rings. The Morgan fingerprint density at radius 1 is 1.53 bits per heavy atom. The van der Waals surface area contributed by atoms with Crippen LogP contribution in [0.25, 0.3) is 0 Å². The van der Waals surface area contributed by atoms with E-state index in [4.69, 9.17) is 5.73 Å². The molecule has 0 atom stereocenters. The second-order valence-corrected chi connectivity index (χ2v) is 3.47. The van der Waals surface area contributed by atoms with E-state index in [0.29, 0.717) is 5.69 Å². The lowest BCUT2D eigenvalue weighted by Crippen LogP contribution is -2.17. The third-order valence-electron chi connectivity index (χ3n) is 2.08. The van der Waals surface area contributed by atoms with Crippen LogP contribution in [0.5, 0.6) is 0 Å². The zero-order chi connectivity index (χ0) is 13.2. The Balaban J connectivity index is 2.65. The van der Waals surface area contributed by atoms with E-state index in [2.05, 4.69) is 9.84 Å². The van der Waals surface area contributed by atoms with Gasteiger partial charge in [-0.1, -0.05) is 0 Å². The number of nitrogen functional groups attached to an aromatic ring is 1. The fraction of sp³-hybridized carbons (Fsp3) is 0.556. The number of anilines is 1. The van der Waals surface area contributed by atoms with Gasteiger partial charge in [0.15, 0.2) is 5.69 Å². The summed E-state index contributed by atoms with van der Waals surface area (Å²) in [6.07, 6.45) is -5.54. The highest BCUT2D eigenvalue weighted by molar-refractivity contribution is 5.93. The summed E-state index contributed by atoms with van der Waals surface area (Å²) in [4.78, 5) is 11.5. The highest BCUT2D eigenvalue weighted by atomic mass is 19.4. The average molecular weight is 251 g/mol. The number of rotatable bonds is 3. The Morgan fingerprint density at radius 2 is 2.12 bits per heavy atom. The molecule has 5 nitrogen and oxygen atoms in total. The number of aryl methyl sites for hydroxylation is 2. The first-order valence-electron chi connectivity index (χ1n) is 4.75. The van der Waals surface area contributed by atoms with Gasteiger partial charge in [-0.15, -0.1) is 0 Å². The van der Waals surface area contributed by atoms with Crippen LogP contribution in [0, 0.1) is 6.92 Å². The van der Waals surface area contributed by atoms with Crippen LogP contribution in [-0.2, 0) is 11.8 Å². The largest absolute Gasteiger partial charge is 0.461 e. The molecule has 0 aliphatic carbocycles. The zero-order valence-electron chi connectivity index (χ0n) is 9.34. The second-order valence-electron chi connectivity index (χ2n) is 3.47. The van der Waals surface area contributed by atoms with Crippen LogP contribution in [0.1, 0.15) is 22.6 Å². The number of carbonyl (C=O) groups excluding carboxylic acids is 1. The van der Waals surface area contributed by atoms with E-state index in [1.165, 1.54) is 11.7 Å². The molecule has 0 saturated heterocycles. The number of ether oxygens (including phenoxy) is 1. The number of halogens is 3. The SMILES string of the molecule is Cc1nn(C)c(C(=O)OCCC(F)(F)F)c1N. The highest BCUT2D eigenvalue weighted by Crippen LogP contribution is 2.20. The van der Waals surface area contributed by atoms with Gasteiger partial charge < -0.3 is 10.5 Å². The van der Waals surface area contributed by atoms with Gasteiger partial charge in [-0.2, -0.15) is 18.3 Å². The number of hydrogen-bond donors (Lipinski definition) is 1. The zero-order valence-corrected chi connectivity index (χ0v) is 9.34. The molecule has 96 valence electrons. The predicted molar refractivity (Wildman–Crippen MR) is 53.3 cm³/mol. The van der Waals surface area contributed by atoms with Crippen LogP contribution in [0.4, 0.5) is 18.9 Å². The molecule has 0 aliphatic heterocycles. The standard InChI is InChI=1S/C9H12F3N3O2/c1-5-6(13)7(15(2)14-5)8(16)17-4-3-9(10,11)12/h3-4,13H2,1-2H3. The number of alkyl halides is 3. The van der Waals surface area contributed by atoms with E-state index < -0.39 is 25.2 Å². The minimum Gasteiger partial charge on any atom is -0.461 e. The van der Waals surface area contributed by atoms with Gasteiger partial charge in [0.2, 0.25) is 0 Å². The van der Waals surface area contributed by atoms with Crippen molar-refractivity contribution < 1.29 is 22.7 Å². The monoisotopic (exact) mass is 251 g/mol. The quantitative estimate of drug-likeness (QED) is 0.825. The van der Waals surface area contributed by atoms with Crippen LogP contribution < -0.4 is 5.73 Å². The van der Waals surface area contributed by atoms with Gasteiger partial charge in [-0.05, 0) is 6.92 Å². The number of aromatic nitrogens is 2. The molecule has 0 unspecified atom stereocenters. The molecule has 0 radical (unpaired) electrons. The van der Waals surface area contributed by atoms with Gasteiger partial charge in [0, 0.05) is 7.05 Å². The number of carbonyl (C=O) groups is 1. The van der Waals surface area contributed by atoms with E-state index in [1.807, 2.05) is 0 Å². The molecule has 8 heteroatoms. The molecule has 1 aromatic rings. The lowest BCUT2D eigenvalue weighted by molar-refractivity contribution is -0.141. The molecule has 0 aromatic carbocycles. The first-order chi connectivity index (χ1) is 7.72. The van der Waals surface area contributed by atoms with Crippen molar-refractivity contribution in [2.75, 3.05) is 12.3 Å². The maximum Gasteiger partial charge on any atom is 0.392 e. The van der Waals surface area contributed by atoms with Gasteiger partial charge in [0.05, 0.1) is 17.8 Å². The molecule has 0 spiro atoms. The van der Waals surface area contributed by atoms with Gasteiger partial charge >= 0.3 is 12.1 Å². The molecule has 1 heterocycles. The van der Waals surface area contributed by atoms with E-state index in [1.54, 1.807) is 6.92 Å². The maximum atomic E-state index is 11.8. The summed E-state index contributed by atoms with van der Waals surface area (Å²) < 4.78 is 41.2. The van der Waals surface area contributed by atoms with Crippen LogP contribution in [0.3, 0.4) is 0 Å². The molecular formula is C9H12F3N3O2. The van der Waals surface area contributed by atoms with Crippen molar-refractivity contribution >= 4 is 11.7 Å². The molecule has 17 heavy (non-hydrogen) atoms. The average Bonchev–Trinajstić information content (AvgIpc) is 2.38. The normalized spacial score (nSPS) is 11.6.